The van der Waals surface area contributed by atoms with Gasteiger partial charge >= 0.3 is 0 Å². The van der Waals surface area contributed by atoms with E-state index in [0.717, 1.165) is 15.7 Å². The molecule has 0 aliphatic carbocycles. The average molecular weight is 299 g/mol. The third kappa shape index (κ3) is 2.36. The molecule has 1 atom stereocenters. The highest BCUT2D eigenvalue weighted by molar-refractivity contribution is 9.10. The lowest BCUT2D eigenvalue weighted by atomic mass is 10.1. The second kappa shape index (κ2) is 5.16. The summed E-state index contributed by atoms with van der Waals surface area (Å²) in [4.78, 5) is 13.7. The first-order chi connectivity index (χ1) is 8.15. The monoisotopic (exact) mass is 298 g/mol. The minimum Gasteiger partial charge on any atom is -0.380 e. The molecule has 2 rings (SSSR count). The van der Waals surface area contributed by atoms with Crippen molar-refractivity contribution in [3.8, 4) is 0 Å². The highest BCUT2D eigenvalue weighted by Crippen LogP contribution is 2.35. The molecular weight excluding hydrogens is 284 g/mol. The van der Waals surface area contributed by atoms with Gasteiger partial charge in [0.05, 0.1) is 6.61 Å². The number of carbonyl (C=O) groups excluding carboxylic acids is 1. The van der Waals surface area contributed by atoms with Gasteiger partial charge in [0.25, 0.3) is 0 Å². The predicted octanol–water partition coefficient (Wildman–Crippen LogP) is 1.83. The summed E-state index contributed by atoms with van der Waals surface area (Å²) in [6.07, 6.45) is 0. The average Bonchev–Trinajstić information content (AvgIpc) is 2.54. The van der Waals surface area contributed by atoms with Gasteiger partial charge in [-0.15, -0.1) is 0 Å². The number of nitrogens with zero attached hydrogens (tertiary/aromatic N) is 1. The van der Waals surface area contributed by atoms with Crippen molar-refractivity contribution < 1.29 is 9.53 Å². The Bertz CT molecular complexity index is 437. The van der Waals surface area contributed by atoms with E-state index in [2.05, 4.69) is 15.9 Å². The first-order valence-electron chi connectivity index (χ1n) is 5.59. The Labute approximate surface area is 109 Å². The number of amides is 1. The second-order valence-corrected chi connectivity index (χ2v) is 4.78. The summed E-state index contributed by atoms with van der Waals surface area (Å²) in [5.74, 6) is -0.0576. The fourth-order valence-electron chi connectivity index (χ4n) is 1.97. The zero-order chi connectivity index (χ0) is 12.4. The van der Waals surface area contributed by atoms with Crippen LogP contribution in [-0.4, -0.2) is 25.7 Å². The molecule has 0 aromatic heterocycles. The molecule has 1 aromatic rings. The number of fused-ring (bicyclic) bond motifs is 1. The van der Waals surface area contributed by atoms with E-state index in [1.54, 1.807) is 4.90 Å². The molecule has 17 heavy (non-hydrogen) atoms. The lowest BCUT2D eigenvalue weighted by Gasteiger charge is -2.17. The summed E-state index contributed by atoms with van der Waals surface area (Å²) in [5, 5.41) is 0. The number of halogens is 1. The Morgan fingerprint density at radius 1 is 1.53 bits per heavy atom. The van der Waals surface area contributed by atoms with Crippen molar-refractivity contribution in [3.63, 3.8) is 0 Å². The highest BCUT2D eigenvalue weighted by atomic mass is 79.9. The van der Waals surface area contributed by atoms with E-state index in [9.17, 15) is 4.79 Å². The summed E-state index contributed by atoms with van der Waals surface area (Å²) >= 11 is 3.39. The third-order valence-corrected chi connectivity index (χ3v) is 3.30. The van der Waals surface area contributed by atoms with Gasteiger partial charge in [-0.25, -0.2) is 0 Å². The van der Waals surface area contributed by atoms with Crippen LogP contribution in [-0.2, 0) is 9.53 Å². The summed E-state index contributed by atoms with van der Waals surface area (Å²) in [5.41, 5.74) is 7.67. The van der Waals surface area contributed by atoms with Crippen LogP contribution in [0.5, 0.6) is 0 Å². The molecule has 1 aliphatic rings. The Morgan fingerprint density at radius 3 is 3.00 bits per heavy atom. The van der Waals surface area contributed by atoms with Crippen LogP contribution in [0.25, 0.3) is 0 Å². The van der Waals surface area contributed by atoms with Gasteiger partial charge in [0.15, 0.2) is 0 Å². The Kier molecular flexibility index (Phi) is 3.81. The van der Waals surface area contributed by atoms with Gasteiger partial charge < -0.3 is 15.4 Å². The van der Waals surface area contributed by atoms with Gasteiger partial charge in [0, 0.05) is 28.9 Å². The van der Waals surface area contributed by atoms with E-state index in [0.29, 0.717) is 19.8 Å². The van der Waals surface area contributed by atoms with Gasteiger partial charge in [-0.3, -0.25) is 4.79 Å². The zero-order valence-electron chi connectivity index (χ0n) is 9.65. The molecule has 1 aromatic carbocycles. The maximum atomic E-state index is 12.0. The van der Waals surface area contributed by atoms with Crippen LogP contribution in [0.4, 0.5) is 5.69 Å². The van der Waals surface area contributed by atoms with E-state index in [1.165, 1.54) is 0 Å². The molecule has 1 amide bonds. The van der Waals surface area contributed by atoms with E-state index in [-0.39, 0.29) is 5.91 Å². The van der Waals surface area contributed by atoms with Gasteiger partial charge in [-0.05, 0) is 25.1 Å². The molecule has 2 N–H and O–H groups in total. The molecule has 1 aliphatic heterocycles. The first kappa shape index (κ1) is 12.5. The topological polar surface area (TPSA) is 55.6 Å². The molecule has 0 bridgehead atoms. The smallest absolute Gasteiger partial charge is 0.248 e. The van der Waals surface area contributed by atoms with Crippen molar-refractivity contribution in [2.45, 2.75) is 13.0 Å². The fourth-order valence-corrected chi connectivity index (χ4v) is 2.35. The van der Waals surface area contributed by atoms with E-state index in [4.69, 9.17) is 10.5 Å². The maximum absolute atomic E-state index is 12.0. The minimum atomic E-state index is -0.552. The lowest BCUT2D eigenvalue weighted by Crippen LogP contribution is -2.34. The number of benzene rings is 1. The fraction of sp³-hybridized carbons (Fsp3) is 0.417. The number of carbonyl (C=O) groups is 1. The zero-order valence-corrected chi connectivity index (χ0v) is 11.2. The standard InChI is InChI=1S/C12H15BrN2O2/c1-2-17-6-5-15-10-4-3-8(13)7-9(10)11(14)12(15)16/h3-4,7,11H,2,5-6,14H2,1H3. The molecule has 4 nitrogen and oxygen atoms in total. The number of rotatable bonds is 4. The van der Waals surface area contributed by atoms with Crippen molar-refractivity contribution in [1.82, 2.24) is 0 Å². The van der Waals surface area contributed by atoms with Crippen molar-refractivity contribution in [3.05, 3.63) is 28.2 Å². The molecule has 0 radical (unpaired) electrons. The Balaban J connectivity index is 2.22. The first-order valence-corrected chi connectivity index (χ1v) is 6.38. The van der Waals surface area contributed by atoms with Gasteiger partial charge in [0.1, 0.15) is 6.04 Å². The van der Waals surface area contributed by atoms with Crippen molar-refractivity contribution in [1.29, 1.82) is 0 Å². The quantitative estimate of drug-likeness (QED) is 0.863. The van der Waals surface area contributed by atoms with E-state index in [1.807, 2.05) is 25.1 Å². The van der Waals surface area contributed by atoms with Crippen LogP contribution in [0, 0.1) is 0 Å². The van der Waals surface area contributed by atoms with Crippen LogP contribution < -0.4 is 10.6 Å². The van der Waals surface area contributed by atoms with Gasteiger partial charge in [-0.1, -0.05) is 15.9 Å². The molecule has 1 unspecified atom stereocenters. The third-order valence-electron chi connectivity index (χ3n) is 2.81. The number of hydrogen-bond donors (Lipinski definition) is 1. The van der Waals surface area contributed by atoms with Crippen molar-refractivity contribution >= 4 is 27.5 Å². The largest absolute Gasteiger partial charge is 0.380 e. The van der Waals surface area contributed by atoms with Crippen LogP contribution in [0.2, 0.25) is 0 Å². The Morgan fingerprint density at radius 2 is 2.29 bits per heavy atom. The molecule has 0 saturated carbocycles. The summed E-state index contributed by atoms with van der Waals surface area (Å²) in [6, 6.07) is 5.18. The molecule has 5 heteroatoms. The summed E-state index contributed by atoms with van der Waals surface area (Å²) in [6.45, 7) is 3.67. The maximum Gasteiger partial charge on any atom is 0.248 e. The SMILES string of the molecule is CCOCCN1C(=O)C(N)c2cc(Br)ccc21. The number of hydrogen-bond acceptors (Lipinski definition) is 3. The molecular formula is C12H15BrN2O2. The van der Waals surface area contributed by atoms with Crippen molar-refractivity contribution in [2.75, 3.05) is 24.7 Å². The van der Waals surface area contributed by atoms with E-state index >= 15 is 0 Å². The number of nitrogens with two attached hydrogens (primary N) is 1. The number of anilines is 1. The van der Waals surface area contributed by atoms with E-state index < -0.39 is 6.04 Å². The molecule has 0 saturated heterocycles. The minimum absolute atomic E-state index is 0.0576. The summed E-state index contributed by atoms with van der Waals surface area (Å²) < 4.78 is 6.21. The predicted molar refractivity (Wildman–Crippen MR) is 69.9 cm³/mol. The molecule has 1 heterocycles. The Hall–Kier alpha value is -0.910. The summed E-state index contributed by atoms with van der Waals surface area (Å²) in [7, 11) is 0. The van der Waals surface area contributed by atoms with Crippen LogP contribution in [0.15, 0.2) is 22.7 Å². The lowest BCUT2D eigenvalue weighted by molar-refractivity contribution is -0.119. The van der Waals surface area contributed by atoms with Crippen LogP contribution in [0.1, 0.15) is 18.5 Å². The van der Waals surface area contributed by atoms with Crippen LogP contribution in [0.3, 0.4) is 0 Å². The highest BCUT2D eigenvalue weighted by Gasteiger charge is 2.34. The second-order valence-electron chi connectivity index (χ2n) is 3.87. The molecule has 0 fully saturated rings. The van der Waals surface area contributed by atoms with Crippen LogP contribution >= 0.6 is 15.9 Å². The molecule has 92 valence electrons. The van der Waals surface area contributed by atoms with Gasteiger partial charge in [-0.2, -0.15) is 0 Å². The molecule has 0 spiro atoms. The van der Waals surface area contributed by atoms with Crippen molar-refractivity contribution in [2.24, 2.45) is 5.73 Å². The van der Waals surface area contributed by atoms with Gasteiger partial charge in [0.2, 0.25) is 5.91 Å². The number of ether oxygens (including phenoxy) is 1. The normalized spacial score (nSPS) is 18.6.